The molecule has 1 aromatic rings. The maximum Gasteiger partial charge on any atom is 0.320 e. The van der Waals surface area contributed by atoms with Gasteiger partial charge in [0.25, 0.3) is 5.91 Å². The fourth-order valence-electron chi connectivity index (χ4n) is 3.68. The SMILES string of the molecule is CCN1CCN(C2CCN(C(=O)C(C)Oc3cccc(Cl)c3)CC2)C1=O. The molecule has 0 bridgehead atoms. The lowest BCUT2D eigenvalue weighted by molar-refractivity contribution is -0.139. The van der Waals surface area contributed by atoms with Gasteiger partial charge >= 0.3 is 6.03 Å². The summed E-state index contributed by atoms with van der Waals surface area (Å²) in [6.45, 7) is 7.43. The van der Waals surface area contributed by atoms with Crippen LogP contribution in [0.5, 0.6) is 5.75 Å². The molecule has 0 N–H and O–H groups in total. The molecular formula is C19H26ClN3O3. The van der Waals surface area contributed by atoms with E-state index in [9.17, 15) is 9.59 Å². The highest BCUT2D eigenvalue weighted by molar-refractivity contribution is 6.30. The predicted octanol–water partition coefficient (Wildman–Crippen LogP) is 2.86. The first kappa shape index (κ1) is 18.8. The van der Waals surface area contributed by atoms with Crippen LogP contribution in [-0.2, 0) is 4.79 Å². The highest BCUT2D eigenvalue weighted by Gasteiger charge is 2.36. The number of likely N-dealkylation sites (N-methyl/N-ethyl adjacent to an activating group) is 1. The van der Waals surface area contributed by atoms with E-state index >= 15 is 0 Å². The van der Waals surface area contributed by atoms with Gasteiger partial charge in [0.1, 0.15) is 5.75 Å². The van der Waals surface area contributed by atoms with Crippen LogP contribution in [-0.4, -0.2) is 71.5 Å². The van der Waals surface area contributed by atoms with Gasteiger partial charge in [-0.05, 0) is 44.9 Å². The minimum Gasteiger partial charge on any atom is -0.481 e. The van der Waals surface area contributed by atoms with E-state index in [1.165, 1.54) is 0 Å². The van der Waals surface area contributed by atoms with Gasteiger partial charge in [0.2, 0.25) is 0 Å². The number of likely N-dealkylation sites (tertiary alicyclic amines) is 1. The Morgan fingerprint density at radius 3 is 2.62 bits per heavy atom. The first-order valence-corrected chi connectivity index (χ1v) is 9.64. The number of benzene rings is 1. The first-order chi connectivity index (χ1) is 12.5. The quantitative estimate of drug-likeness (QED) is 0.790. The number of halogens is 1. The molecular weight excluding hydrogens is 354 g/mol. The Balaban J connectivity index is 1.51. The number of ether oxygens (including phenoxy) is 1. The Morgan fingerprint density at radius 2 is 2.00 bits per heavy atom. The average molecular weight is 380 g/mol. The Bertz CT molecular complexity index is 661. The topological polar surface area (TPSA) is 53.1 Å². The van der Waals surface area contributed by atoms with Crippen LogP contribution in [0.3, 0.4) is 0 Å². The van der Waals surface area contributed by atoms with E-state index in [1.54, 1.807) is 31.2 Å². The van der Waals surface area contributed by atoms with Crippen molar-refractivity contribution in [1.82, 2.24) is 14.7 Å². The third kappa shape index (κ3) is 4.06. The van der Waals surface area contributed by atoms with Gasteiger partial charge in [-0.25, -0.2) is 4.79 Å². The van der Waals surface area contributed by atoms with Crippen molar-refractivity contribution in [3.05, 3.63) is 29.3 Å². The molecule has 2 saturated heterocycles. The molecule has 7 heteroatoms. The van der Waals surface area contributed by atoms with Gasteiger partial charge in [0.15, 0.2) is 6.10 Å². The molecule has 2 heterocycles. The van der Waals surface area contributed by atoms with Crippen molar-refractivity contribution in [2.24, 2.45) is 0 Å². The standard InChI is InChI=1S/C19H26ClN3O3/c1-3-21-11-12-23(19(21)25)16-7-9-22(10-8-16)18(24)14(2)26-17-6-4-5-15(20)13-17/h4-6,13-14,16H,3,7-12H2,1-2H3. The van der Waals surface area contributed by atoms with Crippen LogP contribution in [0.4, 0.5) is 4.79 Å². The van der Waals surface area contributed by atoms with Crippen molar-refractivity contribution in [3.63, 3.8) is 0 Å². The average Bonchev–Trinajstić information content (AvgIpc) is 3.02. The summed E-state index contributed by atoms with van der Waals surface area (Å²) in [6, 6.07) is 7.43. The zero-order valence-electron chi connectivity index (χ0n) is 15.4. The smallest absolute Gasteiger partial charge is 0.320 e. The van der Waals surface area contributed by atoms with Crippen LogP contribution in [0, 0.1) is 0 Å². The maximum atomic E-state index is 12.7. The van der Waals surface area contributed by atoms with Crippen LogP contribution in [0.1, 0.15) is 26.7 Å². The summed E-state index contributed by atoms with van der Waals surface area (Å²) in [7, 11) is 0. The van der Waals surface area contributed by atoms with Crippen LogP contribution in [0.15, 0.2) is 24.3 Å². The summed E-state index contributed by atoms with van der Waals surface area (Å²) in [4.78, 5) is 30.7. The lowest BCUT2D eigenvalue weighted by Crippen LogP contribution is -2.50. The van der Waals surface area contributed by atoms with E-state index in [4.69, 9.17) is 16.3 Å². The van der Waals surface area contributed by atoms with Crippen molar-refractivity contribution in [2.75, 3.05) is 32.7 Å². The first-order valence-electron chi connectivity index (χ1n) is 9.26. The number of hydrogen-bond donors (Lipinski definition) is 0. The molecule has 1 aromatic carbocycles. The fraction of sp³-hybridized carbons (Fsp3) is 0.579. The van der Waals surface area contributed by atoms with Crippen LogP contribution < -0.4 is 4.74 Å². The number of piperidine rings is 1. The lowest BCUT2D eigenvalue weighted by atomic mass is 10.0. The summed E-state index contributed by atoms with van der Waals surface area (Å²) in [6.07, 6.45) is 1.08. The molecule has 3 rings (SSSR count). The van der Waals surface area contributed by atoms with Gasteiger partial charge in [-0.1, -0.05) is 17.7 Å². The van der Waals surface area contributed by atoms with Crippen LogP contribution in [0.25, 0.3) is 0 Å². The van der Waals surface area contributed by atoms with E-state index in [0.717, 1.165) is 32.5 Å². The third-order valence-electron chi connectivity index (χ3n) is 5.18. The summed E-state index contributed by atoms with van der Waals surface area (Å²) >= 11 is 5.96. The van der Waals surface area contributed by atoms with Gasteiger partial charge in [-0.3, -0.25) is 4.79 Å². The van der Waals surface area contributed by atoms with Gasteiger partial charge < -0.3 is 19.4 Å². The van der Waals surface area contributed by atoms with E-state index in [1.807, 2.05) is 21.6 Å². The molecule has 6 nitrogen and oxygen atoms in total. The van der Waals surface area contributed by atoms with Crippen molar-refractivity contribution >= 4 is 23.5 Å². The van der Waals surface area contributed by atoms with Crippen LogP contribution >= 0.6 is 11.6 Å². The number of carbonyl (C=O) groups excluding carboxylic acids is 2. The van der Waals surface area contributed by atoms with Gasteiger partial charge in [0, 0.05) is 43.8 Å². The molecule has 2 fully saturated rings. The number of urea groups is 1. The molecule has 1 unspecified atom stereocenters. The zero-order valence-corrected chi connectivity index (χ0v) is 16.1. The van der Waals surface area contributed by atoms with Gasteiger partial charge in [-0.2, -0.15) is 0 Å². The highest BCUT2D eigenvalue weighted by atomic mass is 35.5. The molecule has 0 aromatic heterocycles. The second kappa shape index (κ2) is 8.16. The molecule has 0 aliphatic carbocycles. The largest absolute Gasteiger partial charge is 0.481 e. The Hall–Kier alpha value is -1.95. The molecule has 0 saturated carbocycles. The van der Waals surface area contributed by atoms with Crippen molar-refractivity contribution in [1.29, 1.82) is 0 Å². The predicted molar refractivity (Wildman–Crippen MR) is 100 cm³/mol. The summed E-state index contributed by atoms with van der Waals surface area (Å²) in [5.74, 6) is 0.571. The number of hydrogen-bond acceptors (Lipinski definition) is 3. The molecule has 3 amide bonds. The summed E-state index contributed by atoms with van der Waals surface area (Å²) in [5, 5.41) is 0.583. The number of amides is 3. The van der Waals surface area contributed by atoms with Crippen LogP contribution in [0.2, 0.25) is 5.02 Å². The van der Waals surface area contributed by atoms with Crippen molar-refractivity contribution in [3.8, 4) is 5.75 Å². The molecule has 0 spiro atoms. The molecule has 2 aliphatic rings. The molecule has 0 radical (unpaired) electrons. The monoisotopic (exact) mass is 379 g/mol. The molecule has 2 aliphatic heterocycles. The lowest BCUT2D eigenvalue weighted by Gasteiger charge is -2.37. The number of nitrogens with zero attached hydrogens (tertiary/aromatic N) is 3. The Kier molecular flexibility index (Phi) is 5.91. The van der Waals surface area contributed by atoms with E-state index in [2.05, 4.69) is 0 Å². The Morgan fingerprint density at radius 1 is 1.27 bits per heavy atom. The van der Waals surface area contributed by atoms with Gasteiger partial charge in [0.05, 0.1) is 0 Å². The van der Waals surface area contributed by atoms with Gasteiger partial charge in [-0.15, -0.1) is 0 Å². The normalized spacial score (nSPS) is 19.8. The molecule has 142 valence electrons. The van der Waals surface area contributed by atoms with E-state index < -0.39 is 6.10 Å². The minimum atomic E-state index is -0.561. The zero-order chi connectivity index (χ0) is 18.7. The Labute approximate surface area is 159 Å². The van der Waals surface area contributed by atoms with Crippen molar-refractivity contribution in [2.45, 2.75) is 38.8 Å². The highest BCUT2D eigenvalue weighted by Crippen LogP contribution is 2.23. The molecule has 26 heavy (non-hydrogen) atoms. The second-order valence-corrected chi connectivity index (χ2v) is 7.27. The fourth-order valence-corrected chi connectivity index (χ4v) is 3.86. The third-order valence-corrected chi connectivity index (χ3v) is 5.42. The second-order valence-electron chi connectivity index (χ2n) is 6.83. The van der Waals surface area contributed by atoms with Crippen molar-refractivity contribution < 1.29 is 14.3 Å². The molecule has 1 atom stereocenters. The van der Waals surface area contributed by atoms with E-state index in [0.29, 0.717) is 23.9 Å². The number of carbonyl (C=O) groups is 2. The summed E-state index contributed by atoms with van der Waals surface area (Å²) in [5.41, 5.74) is 0. The maximum absolute atomic E-state index is 12.7. The summed E-state index contributed by atoms with van der Waals surface area (Å²) < 4.78 is 5.74. The van der Waals surface area contributed by atoms with E-state index in [-0.39, 0.29) is 18.0 Å². The minimum absolute atomic E-state index is 0.0219. The number of rotatable bonds is 5.